The lowest BCUT2D eigenvalue weighted by molar-refractivity contribution is -0.130. The van der Waals surface area contributed by atoms with Crippen LogP contribution in [0.2, 0.25) is 0 Å². The summed E-state index contributed by atoms with van der Waals surface area (Å²) < 4.78 is 10.6. The van der Waals surface area contributed by atoms with Gasteiger partial charge in [-0.15, -0.1) is 0 Å². The van der Waals surface area contributed by atoms with Crippen LogP contribution in [0.3, 0.4) is 0 Å². The zero-order valence-corrected chi connectivity index (χ0v) is 18.9. The van der Waals surface area contributed by atoms with Crippen LogP contribution in [-0.4, -0.2) is 32.1 Å². The van der Waals surface area contributed by atoms with Crippen LogP contribution in [-0.2, 0) is 9.59 Å². The topological polar surface area (TPSA) is 67.9 Å². The minimum absolute atomic E-state index is 0.0256. The van der Waals surface area contributed by atoms with Crippen molar-refractivity contribution in [3.63, 3.8) is 0 Å². The number of methoxy groups -OCH3 is 2. The van der Waals surface area contributed by atoms with Crippen LogP contribution in [0, 0.1) is 5.92 Å². The Bertz CT molecular complexity index is 920. The van der Waals surface area contributed by atoms with Crippen LogP contribution >= 0.6 is 0 Å². The molecule has 32 heavy (non-hydrogen) atoms. The van der Waals surface area contributed by atoms with Crippen LogP contribution in [0.25, 0.3) is 0 Å². The summed E-state index contributed by atoms with van der Waals surface area (Å²) in [5.74, 6) is 1.23. The van der Waals surface area contributed by atoms with E-state index in [-0.39, 0.29) is 29.8 Å². The monoisotopic (exact) mass is 436 g/mol. The van der Waals surface area contributed by atoms with E-state index >= 15 is 0 Å². The first-order valence-corrected chi connectivity index (χ1v) is 11.5. The molecule has 2 atom stereocenters. The standard InChI is InChI=1S/C26H32N2O4/c1-31-21-12-8-18(9-13-21)25-23(26(30)27-19-6-4-3-5-7-19)16-17-24(29)28(25)20-10-14-22(32-2)15-11-20/h8-15,19,23,25H,3-7,16-17H2,1-2H3,(H,27,30). The Morgan fingerprint density at radius 1 is 0.875 bits per heavy atom. The number of nitrogens with one attached hydrogen (secondary N) is 1. The lowest BCUT2D eigenvalue weighted by Gasteiger charge is -2.41. The van der Waals surface area contributed by atoms with E-state index in [0.29, 0.717) is 12.8 Å². The molecule has 1 aliphatic carbocycles. The summed E-state index contributed by atoms with van der Waals surface area (Å²) >= 11 is 0. The maximum Gasteiger partial charge on any atom is 0.227 e. The van der Waals surface area contributed by atoms with Gasteiger partial charge in [-0.1, -0.05) is 31.4 Å². The van der Waals surface area contributed by atoms with Crippen molar-refractivity contribution in [1.82, 2.24) is 5.32 Å². The van der Waals surface area contributed by atoms with Crippen molar-refractivity contribution < 1.29 is 19.1 Å². The molecule has 0 aromatic heterocycles. The van der Waals surface area contributed by atoms with Crippen molar-refractivity contribution in [1.29, 1.82) is 0 Å². The summed E-state index contributed by atoms with van der Waals surface area (Å²) in [5, 5.41) is 3.29. The normalized spacial score (nSPS) is 21.8. The molecule has 170 valence electrons. The first-order chi connectivity index (χ1) is 15.6. The largest absolute Gasteiger partial charge is 0.497 e. The molecule has 6 heteroatoms. The minimum Gasteiger partial charge on any atom is -0.497 e. The van der Waals surface area contributed by atoms with Crippen molar-refractivity contribution >= 4 is 17.5 Å². The predicted molar refractivity (Wildman–Crippen MR) is 124 cm³/mol. The van der Waals surface area contributed by atoms with Gasteiger partial charge in [-0.3, -0.25) is 9.59 Å². The van der Waals surface area contributed by atoms with Crippen LogP contribution in [0.15, 0.2) is 48.5 Å². The van der Waals surface area contributed by atoms with E-state index in [2.05, 4.69) is 5.32 Å². The van der Waals surface area contributed by atoms with Gasteiger partial charge in [0.1, 0.15) is 11.5 Å². The molecule has 2 aliphatic rings. The van der Waals surface area contributed by atoms with Crippen LogP contribution in [0.5, 0.6) is 11.5 Å². The SMILES string of the molecule is COc1ccc(C2C(C(=O)NC3CCCCC3)CCC(=O)N2c2ccc(OC)cc2)cc1. The molecule has 2 fully saturated rings. The average Bonchev–Trinajstić information content (AvgIpc) is 2.84. The highest BCUT2D eigenvalue weighted by atomic mass is 16.5. The van der Waals surface area contributed by atoms with E-state index in [1.54, 1.807) is 19.1 Å². The second kappa shape index (κ2) is 10.1. The zero-order valence-electron chi connectivity index (χ0n) is 18.9. The number of rotatable bonds is 6. The smallest absolute Gasteiger partial charge is 0.227 e. The number of hydrogen-bond acceptors (Lipinski definition) is 4. The van der Waals surface area contributed by atoms with Gasteiger partial charge in [0.25, 0.3) is 0 Å². The summed E-state index contributed by atoms with van der Waals surface area (Å²) in [6, 6.07) is 15.0. The number of benzene rings is 2. The summed E-state index contributed by atoms with van der Waals surface area (Å²) in [6.07, 6.45) is 6.52. The first kappa shape index (κ1) is 22.2. The van der Waals surface area contributed by atoms with E-state index in [1.807, 2.05) is 48.5 Å². The Kier molecular flexibility index (Phi) is 6.98. The van der Waals surface area contributed by atoms with Crippen molar-refractivity contribution in [2.45, 2.75) is 57.0 Å². The van der Waals surface area contributed by atoms with Crippen molar-refractivity contribution in [2.24, 2.45) is 5.92 Å². The van der Waals surface area contributed by atoms with Gasteiger partial charge in [0.05, 0.1) is 26.2 Å². The summed E-state index contributed by atoms with van der Waals surface area (Å²) in [6.45, 7) is 0. The molecule has 0 radical (unpaired) electrons. The van der Waals surface area contributed by atoms with Gasteiger partial charge in [0.2, 0.25) is 11.8 Å². The molecule has 1 saturated heterocycles. The molecular weight excluding hydrogens is 404 g/mol. The number of ether oxygens (including phenoxy) is 2. The Labute approximate surface area is 189 Å². The number of piperidine rings is 1. The first-order valence-electron chi connectivity index (χ1n) is 11.5. The Morgan fingerprint density at radius 2 is 1.47 bits per heavy atom. The molecule has 6 nitrogen and oxygen atoms in total. The van der Waals surface area contributed by atoms with Gasteiger partial charge in [-0.2, -0.15) is 0 Å². The van der Waals surface area contributed by atoms with E-state index in [0.717, 1.165) is 48.4 Å². The number of carbonyl (C=O) groups excluding carboxylic acids is 2. The predicted octanol–water partition coefficient (Wildman–Crippen LogP) is 4.64. The zero-order chi connectivity index (χ0) is 22.5. The summed E-state index contributed by atoms with van der Waals surface area (Å²) in [4.78, 5) is 28.4. The third kappa shape index (κ3) is 4.74. The van der Waals surface area contributed by atoms with Crippen molar-refractivity contribution in [2.75, 3.05) is 19.1 Å². The molecule has 1 heterocycles. The third-order valence-corrected chi connectivity index (χ3v) is 6.69. The number of amides is 2. The van der Waals surface area contributed by atoms with E-state index < -0.39 is 0 Å². The average molecular weight is 437 g/mol. The van der Waals surface area contributed by atoms with Crippen LogP contribution in [0.4, 0.5) is 5.69 Å². The van der Waals surface area contributed by atoms with E-state index in [9.17, 15) is 9.59 Å². The van der Waals surface area contributed by atoms with Gasteiger partial charge in [-0.05, 0) is 61.2 Å². The molecule has 2 aromatic carbocycles. The molecule has 1 N–H and O–H groups in total. The van der Waals surface area contributed by atoms with Gasteiger partial charge < -0.3 is 19.7 Å². The molecule has 2 aromatic rings. The van der Waals surface area contributed by atoms with E-state index in [4.69, 9.17) is 9.47 Å². The highest BCUT2D eigenvalue weighted by Crippen LogP contribution is 2.41. The van der Waals surface area contributed by atoms with Gasteiger partial charge >= 0.3 is 0 Å². The van der Waals surface area contributed by atoms with Crippen molar-refractivity contribution in [3.8, 4) is 11.5 Å². The molecule has 0 spiro atoms. The van der Waals surface area contributed by atoms with Crippen molar-refractivity contribution in [3.05, 3.63) is 54.1 Å². The van der Waals surface area contributed by atoms with Gasteiger partial charge in [-0.25, -0.2) is 0 Å². The minimum atomic E-state index is -0.376. The maximum atomic E-state index is 13.5. The second-order valence-corrected chi connectivity index (χ2v) is 8.67. The van der Waals surface area contributed by atoms with E-state index in [1.165, 1.54) is 6.42 Å². The number of hydrogen-bond donors (Lipinski definition) is 1. The molecule has 2 unspecified atom stereocenters. The fourth-order valence-electron chi connectivity index (χ4n) is 4.95. The summed E-state index contributed by atoms with van der Waals surface area (Å²) in [5.41, 5.74) is 1.70. The second-order valence-electron chi connectivity index (χ2n) is 8.67. The molecular formula is C26H32N2O4. The maximum absolute atomic E-state index is 13.5. The van der Waals surface area contributed by atoms with Gasteiger partial charge in [0.15, 0.2) is 0 Å². The lowest BCUT2D eigenvalue weighted by atomic mass is 9.82. The Balaban J connectivity index is 1.68. The Hall–Kier alpha value is -3.02. The fourth-order valence-corrected chi connectivity index (χ4v) is 4.95. The third-order valence-electron chi connectivity index (χ3n) is 6.69. The number of carbonyl (C=O) groups is 2. The quantitative estimate of drug-likeness (QED) is 0.717. The Morgan fingerprint density at radius 3 is 2.06 bits per heavy atom. The van der Waals surface area contributed by atoms with Crippen LogP contribution < -0.4 is 19.7 Å². The molecule has 1 aliphatic heterocycles. The highest BCUT2D eigenvalue weighted by Gasteiger charge is 2.42. The molecule has 1 saturated carbocycles. The van der Waals surface area contributed by atoms with Crippen LogP contribution in [0.1, 0.15) is 56.6 Å². The molecule has 4 rings (SSSR count). The highest BCUT2D eigenvalue weighted by molar-refractivity contribution is 5.97. The number of anilines is 1. The van der Waals surface area contributed by atoms with Gasteiger partial charge in [0, 0.05) is 18.2 Å². The molecule has 0 bridgehead atoms. The lowest BCUT2D eigenvalue weighted by Crippen LogP contribution is -2.50. The number of nitrogens with zero attached hydrogens (tertiary/aromatic N) is 1. The molecule has 2 amide bonds. The fraction of sp³-hybridized carbons (Fsp3) is 0.462. The summed E-state index contributed by atoms with van der Waals surface area (Å²) in [7, 11) is 3.25.